The molecule has 100 valence electrons. The number of nitrogens with two attached hydrogens (primary N) is 1. The minimum atomic E-state index is -0.449. The fourth-order valence-electron chi connectivity index (χ4n) is 2.57. The van der Waals surface area contributed by atoms with Gasteiger partial charge in [0.25, 0.3) is 0 Å². The average Bonchev–Trinajstić information content (AvgIpc) is 2.40. The molecule has 1 aromatic heterocycles. The summed E-state index contributed by atoms with van der Waals surface area (Å²) in [6.07, 6.45) is 5.06. The third-order valence-corrected chi connectivity index (χ3v) is 3.86. The lowest BCUT2D eigenvalue weighted by atomic mass is 9.80. The lowest BCUT2D eigenvalue weighted by molar-refractivity contribution is 0.0551. The second-order valence-corrected chi connectivity index (χ2v) is 5.13. The summed E-state index contributed by atoms with van der Waals surface area (Å²) in [6.45, 7) is 3.70. The van der Waals surface area contributed by atoms with Crippen LogP contribution >= 0.6 is 0 Å². The predicted octanol–water partition coefficient (Wildman–Crippen LogP) is 2.60. The maximum atomic E-state index is 12.9. The van der Waals surface area contributed by atoms with Gasteiger partial charge in [0, 0.05) is 13.2 Å². The summed E-state index contributed by atoms with van der Waals surface area (Å²) < 4.78 is 18.3. The lowest BCUT2D eigenvalue weighted by Gasteiger charge is -2.33. The Hall–Kier alpha value is -1.00. The first kappa shape index (κ1) is 13.4. The zero-order valence-corrected chi connectivity index (χ0v) is 10.9. The molecule has 1 aliphatic heterocycles. The van der Waals surface area contributed by atoms with Gasteiger partial charge in [0.15, 0.2) is 0 Å². The highest BCUT2D eigenvalue weighted by atomic mass is 19.1. The van der Waals surface area contributed by atoms with Gasteiger partial charge in [-0.3, -0.25) is 4.98 Å². The summed E-state index contributed by atoms with van der Waals surface area (Å²) in [5.41, 5.74) is 6.81. The highest BCUT2D eigenvalue weighted by Crippen LogP contribution is 2.32. The molecule has 1 unspecified atom stereocenters. The molecule has 1 aliphatic rings. The van der Waals surface area contributed by atoms with Crippen LogP contribution in [-0.2, 0) is 10.3 Å². The average molecular weight is 252 g/mol. The van der Waals surface area contributed by atoms with Crippen LogP contribution in [0.3, 0.4) is 0 Å². The normalized spacial score (nSPS) is 20.6. The smallest absolute Gasteiger partial charge is 0.141 e. The van der Waals surface area contributed by atoms with Crippen LogP contribution in [0.2, 0.25) is 0 Å². The molecule has 1 atom stereocenters. The van der Waals surface area contributed by atoms with E-state index in [0.29, 0.717) is 5.92 Å². The Morgan fingerprint density at radius 3 is 2.72 bits per heavy atom. The van der Waals surface area contributed by atoms with E-state index >= 15 is 0 Å². The van der Waals surface area contributed by atoms with Crippen LogP contribution in [0.5, 0.6) is 0 Å². The van der Waals surface area contributed by atoms with Gasteiger partial charge in [-0.2, -0.15) is 0 Å². The number of pyridine rings is 1. The monoisotopic (exact) mass is 252 g/mol. The Kier molecular flexibility index (Phi) is 4.30. The third kappa shape index (κ3) is 3.06. The molecule has 1 saturated heterocycles. The maximum Gasteiger partial charge on any atom is 0.141 e. The van der Waals surface area contributed by atoms with E-state index in [0.717, 1.165) is 44.6 Å². The minimum Gasteiger partial charge on any atom is -0.381 e. The van der Waals surface area contributed by atoms with Gasteiger partial charge in [0.1, 0.15) is 5.82 Å². The van der Waals surface area contributed by atoms with Crippen LogP contribution in [0.25, 0.3) is 0 Å². The van der Waals surface area contributed by atoms with E-state index in [1.165, 1.54) is 12.3 Å². The van der Waals surface area contributed by atoms with Crippen molar-refractivity contribution in [2.75, 3.05) is 13.2 Å². The van der Waals surface area contributed by atoms with Crippen LogP contribution in [-0.4, -0.2) is 18.2 Å². The van der Waals surface area contributed by atoms with Crippen LogP contribution in [0, 0.1) is 11.7 Å². The van der Waals surface area contributed by atoms with Crippen molar-refractivity contribution in [2.45, 2.75) is 38.1 Å². The molecule has 0 saturated carbocycles. The molecular formula is C14H21FN2O. The van der Waals surface area contributed by atoms with Crippen molar-refractivity contribution in [3.8, 4) is 0 Å². The van der Waals surface area contributed by atoms with E-state index in [2.05, 4.69) is 11.9 Å². The molecule has 0 bridgehead atoms. The predicted molar refractivity (Wildman–Crippen MR) is 68.5 cm³/mol. The van der Waals surface area contributed by atoms with Gasteiger partial charge in [-0.05, 0) is 43.7 Å². The van der Waals surface area contributed by atoms with Gasteiger partial charge in [-0.25, -0.2) is 4.39 Å². The third-order valence-electron chi connectivity index (χ3n) is 3.86. The zero-order chi connectivity index (χ0) is 13.0. The molecule has 0 amide bonds. The van der Waals surface area contributed by atoms with E-state index < -0.39 is 5.54 Å². The molecule has 0 aliphatic carbocycles. The number of aromatic nitrogens is 1. The number of halogens is 1. The first-order valence-electron chi connectivity index (χ1n) is 6.63. The van der Waals surface area contributed by atoms with Gasteiger partial charge < -0.3 is 10.5 Å². The highest BCUT2D eigenvalue weighted by Gasteiger charge is 2.31. The topological polar surface area (TPSA) is 48.1 Å². The Morgan fingerprint density at radius 1 is 1.44 bits per heavy atom. The standard InChI is InChI=1S/C14H21FN2O/c1-2-14(16,9-11-5-7-18-8-6-11)13-4-3-12(15)10-17-13/h3-4,10-11H,2,5-9,16H2,1H3. The molecule has 0 spiro atoms. The Bertz CT molecular complexity index is 376. The summed E-state index contributed by atoms with van der Waals surface area (Å²) in [7, 11) is 0. The van der Waals surface area contributed by atoms with Crippen molar-refractivity contribution in [1.29, 1.82) is 0 Å². The quantitative estimate of drug-likeness (QED) is 0.896. The Morgan fingerprint density at radius 2 is 2.17 bits per heavy atom. The van der Waals surface area contributed by atoms with Crippen molar-refractivity contribution in [2.24, 2.45) is 11.7 Å². The van der Waals surface area contributed by atoms with Gasteiger partial charge in [-0.15, -0.1) is 0 Å². The van der Waals surface area contributed by atoms with Crippen molar-refractivity contribution in [1.82, 2.24) is 4.98 Å². The lowest BCUT2D eigenvalue weighted by Crippen LogP contribution is -2.40. The van der Waals surface area contributed by atoms with E-state index in [1.54, 1.807) is 6.07 Å². The van der Waals surface area contributed by atoms with Crippen molar-refractivity contribution < 1.29 is 9.13 Å². The van der Waals surface area contributed by atoms with Crippen molar-refractivity contribution in [3.05, 3.63) is 29.8 Å². The molecule has 2 heterocycles. The highest BCUT2D eigenvalue weighted by molar-refractivity contribution is 5.16. The maximum absolute atomic E-state index is 12.9. The van der Waals surface area contributed by atoms with Gasteiger partial charge >= 0.3 is 0 Å². The first-order chi connectivity index (χ1) is 8.64. The van der Waals surface area contributed by atoms with E-state index in [-0.39, 0.29) is 5.82 Å². The molecule has 0 aromatic carbocycles. The van der Waals surface area contributed by atoms with Crippen LogP contribution in [0.4, 0.5) is 4.39 Å². The summed E-state index contributed by atoms with van der Waals surface area (Å²) in [5.74, 6) is 0.263. The SMILES string of the molecule is CCC(N)(CC1CCOCC1)c1ccc(F)cn1. The molecular weight excluding hydrogens is 231 g/mol. The number of ether oxygens (including phenoxy) is 1. The molecule has 0 radical (unpaired) electrons. The van der Waals surface area contributed by atoms with E-state index in [4.69, 9.17) is 10.5 Å². The Labute approximate surface area is 108 Å². The van der Waals surface area contributed by atoms with Gasteiger partial charge in [0.2, 0.25) is 0 Å². The summed E-state index contributed by atoms with van der Waals surface area (Å²) >= 11 is 0. The number of rotatable bonds is 4. The second kappa shape index (κ2) is 5.76. The van der Waals surface area contributed by atoms with E-state index in [9.17, 15) is 4.39 Å². The fraction of sp³-hybridized carbons (Fsp3) is 0.643. The van der Waals surface area contributed by atoms with Crippen LogP contribution < -0.4 is 5.73 Å². The molecule has 1 aromatic rings. The summed E-state index contributed by atoms with van der Waals surface area (Å²) in [4.78, 5) is 4.16. The fourth-order valence-corrected chi connectivity index (χ4v) is 2.57. The largest absolute Gasteiger partial charge is 0.381 e. The van der Waals surface area contributed by atoms with Gasteiger partial charge in [-0.1, -0.05) is 6.92 Å². The van der Waals surface area contributed by atoms with E-state index in [1.807, 2.05) is 0 Å². The summed E-state index contributed by atoms with van der Waals surface area (Å²) in [6, 6.07) is 3.14. The Balaban J connectivity index is 2.10. The molecule has 2 rings (SSSR count). The van der Waals surface area contributed by atoms with Gasteiger partial charge in [0.05, 0.1) is 17.4 Å². The molecule has 2 N–H and O–H groups in total. The summed E-state index contributed by atoms with van der Waals surface area (Å²) in [5, 5.41) is 0. The number of nitrogens with zero attached hydrogens (tertiary/aromatic N) is 1. The minimum absolute atomic E-state index is 0.316. The van der Waals surface area contributed by atoms with Crippen LogP contribution in [0.15, 0.2) is 18.3 Å². The van der Waals surface area contributed by atoms with Crippen LogP contribution in [0.1, 0.15) is 38.3 Å². The number of hydrogen-bond acceptors (Lipinski definition) is 3. The molecule has 18 heavy (non-hydrogen) atoms. The second-order valence-electron chi connectivity index (χ2n) is 5.13. The zero-order valence-electron chi connectivity index (χ0n) is 10.9. The van der Waals surface area contributed by atoms with Crippen molar-refractivity contribution in [3.63, 3.8) is 0 Å². The van der Waals surface area contributed by atoms with Crippen molar-refractivity contribution >= 4 is 0 Å². The molecule has 4 heteroatoms. The molecule has 1 fully saturated rings. The molecule has 3 nitrogen and oxygen atoms in total. The first-order valence-corrected chi connectivity index (χ1v) is 6.63. The number of hydrogen-bond donors (Lipinski definition) is 1.